The van der Waals surface area contributed by atoms with Crippen molar-refractivity contribution in [3.05, 3.63) is 34.3 Å². The smallest absolute Gasteiger partial charge is 0.0178 e. The zero-order valence-electron chi connectivity index (χ0n) is 8.09. The normalized spacial score (nSPS) is 28.2. The van der Waals surface area contributed by atoms with Gasteiger partial charge in [-0.2, -0.15) is 0 Å². The Hall–Kier alpha value is -0.340. The molecule has 1 heterocycles. The van der Waals surface area contributed by atoms with E-state index < -0.39 is 0 Å². The average molecular weight is 252 g/mol. The molecule has 1 aliphatic heterocycles. The molecule has 2 heteroatoms. The summed E-state index contributed by atoms with van der Waals surface area (Å²) < 4.78 is 1.21. The van der Waals surface area contributed by atoms with E-state index in [0.29, 0.717) is 5.41 Å². The second-order valence-electron chi connectivity index (χ2n) is 4.60. The van der Waals surface area contributed by atoms with E-state index in [1.54, 1.807) is 0 Å². The molecule has 1 spiro atoms. The number of benzene rings is 1. The van der Waals surface area contributed by atoms with Crippen molar-refractivity contribution in [1.82, 2.24) is 5.32 Å². The topological polar surface area (TPSA) is 12.0 Å². The molecule has 0 unspecified atom stereocenters. The number of nitrogens with one attached hydrogen (secondary N) is 1. The van der Waals surface area contributed by atoms with Crippen LogP contribution in [0.1, 0.15) is 24.3 Å². The Labute approximate surface area is 93.0 Å². The lowest BCUT2D eigenvalue weighted by molar-refractivity contribution is 0.502. The van der Waals surface area contributed by atoms with Crippen LogP contribution in [0.4, 0.5) is 0 Å². The second-order valence-corrected chi connectivity index (χ2v) is 5.52. The third-order valence-corrected chi connectivity index (χ3v) is 4.20. The largest absolute Gasteiger partial charge is 0.316 e. The van der Waals surface area contributed by atoms with Gasteiger partial charge in [0, 0.05) is 23.5 Å². The molecule has 0 radical (unpaired) electrons. The lowest BCUT2D eigenvalue weighted by Gasteiger charge is -2.17. The number of hydrogen-bond acceptors (Lipinski definition) is 1. The summed E-state index contributed by atoms with van der Waals surface area (Å²) in [5, 5.41) is 3.53. The fourth-order valence-corrected chi connectivity index (χ4v) is 3.10. The summed E-state index contributed by atoms with van der Waals surface area (Å²) in [6.45, 7) is 2.39. The fourth-order valence-electron chi connectivity index (χ4n) is 2.69. The van der Waals surface area contributed by atoms with Crippen molar-refractivity contribution in [3.8, 4) is 0 Å². The highest BCUT2D eigenvalue weighted by Gasteiger charge is 2.52. The van der Waals surface area contributed by atoms with Crippen LogP contribution in [0.15, 0.2) is 28.7 Å². The van der Waals surface area contributed by atoms with Gasteiger partial charge >= 0.3 is 0 Å². The maximum Gasteiger partial charge on any atom is 0.0178 e. The predicted octanol–water partition coefficient (Wildman–Crippen LogP) is 2.92. The van der Waals surface area contributed by atoms with Crippen LogP contribution < -0.4 is 5.32 Å². The number of halogens is 1. The summed E-state index contributed by atoms with van der Waals surface area (Å²) in [5.74, 6) is 0.750. The van der Waals surface area contributed by atoms with Gasteiger partial charge in [-0.05, 0) is 36.0 Å². The van der Waals surface area contributed by atoms with E-state index in [1.165, 1.54) is 29.4 Å². The van der Waals surface area contributed by atoms with Crippen molar-refractivity contribution >= 4 is 15.9 Å². The minimum Gasteiger partial charge on any atom is -0.316 e. The Bertz CT molecular complexity index is 357. The standard InChI is InChI=1S/C12H14BrN/c13-10-3-1-2-9(6-10)11-7-14-8-12(11)4-5-12/h1-3,6,11,14H,4-5,7-8H2/t11-/m1/s1. The summed E-state index contributed by atoms with van der Waals surface area (Å²) in [6.07, 6.45) is 2.83. The molecular formula is C12H14BrN. The quantitative estimate of drug-likeness (QED) is 0.810. The van der Waals surface area contributed by atoms with Gasteiger partial charge in [0.2, 0.25) is 0 Å². The highest BCUT2D eigenvalue weighted by molar-refractivity contribution is 9.10. The van der Waals surface area contributed by atoms with Gasteiger partial charge in [0.15, 0.2) is 0 Å². The van der Waals surface area contributed by atoms with Gasteiger partial charge in [0.25, 0.3) is 0 Å². The maximum atomic E-state index is 3.55. The Morgan fingerprint density at radius 1 is 1.36 bits per heavy atom. The molecule has 2 fully saturated rings. The minimum absolute atomic E-state index is 0.626. The Balaban J connectivity index is 1.95. The molecule has 2 aliphatic rings. The summed E-state index contributed by atoms with van der Waals surface area (Å²) in [6, 6.07) is 8.79. The van der Waals surface area contributed by atoms with Crippen LogP contribution >= 0.6 is 15.9 Å². The molecule has 74 valence electrons. The lowest BCUT2D eigenvalue weighted by Crippen LogP contribution is -2.11. The van der Waals surface area contributed by atoms with Gasteiger partial charge in [-0.15, -0.1) is 0 Å². The molecule has 1 N–H and O–H groups in total. The maximum absolute atomic E-state index is 3.55. The first-order valence-electron chi connectivity index (χ1n) is 5.26. The van der Waals surface area contributed by atoms with E-state index in [2.05, 4.69) is 45.5 Å². The summed E-state index contributed by atoms with van der Waals surface area (Å²) in [4.78, 5) is 0. The van der Waals surface area contributed by atoms with E-state index in [9.17, 15) is 0 Å². The van der Waals surface area contributed by atoms with Crippen molar-refractivity contribution in [2.45, 2.75) is 18.8 Å². The van der Waals surface area contributed by atoms with Crippen LogP contribution in [-0.4, -0.2) is 13.1 Å². The molecule has 0 aromatic heterocycles. The van der Waals surface area contributed by atoms with E-state index in [0.717, 1.165) is 12.5 Å². The molecule has 1 aliphatic carbocycles. The van der Waals surface area contributed by atoms with Gasteiger partial charge in [-0.1, -0.05) is 28.1 Å². The molecule has 3 rings (SSSR count). The molecule has 0 bridgehead atoms. The second kappa shape index (κ2) is 3.07. The van der Waals surface area contributed by atoms with Crippen LogP contribution in [0.25, 0.3) is 0 Å². The molecule has 1 nitrogen and oxygen atoms in total. The Morgan fingerprint density at radius 3 is 2.93 bits per heavy atom. The molecular weight excluding hydrogens is 238 g/mol. The average Bonchev–Trinajstić information content (AvgIpc) is 2.78. The van der Waals surface area contributed by atoms with Gasteiger partial charge in [0.05, 0.1) is 0 Å². The number of rotatable bonds is 1. The van der Waals surface area contributed by atoms with Crippen molar-refractivity contribution in [2.75, 3.05) is 13.1 Å². The third-order valence-electron chi connectivity index (χ3n) is 3.71. The van der Waals surface area contributed by atoms with Crippen LogP contribution in [0.5, 0.6) is 0 Å². The number of hydrogen-bond donors (Lipinski definition) is 1. The molecule has 1 saturated carbocycles. The van der Waals surface area contributed by atoms with E-state index in [4.69, 9.17) is 0 Å². The predicted molar refractivity (Wildman–Crippen MR) is 61.4 cm³/mol. The van der Waals surface area contributed by atoms with Crippen molar-refractivity contribution in [2.24, 2.45) is 5.41 Å². The monoisotopic (exact) mass is 251 g/mol. The van der Waals surface area contributed by atoms with Crippen LogP contribution in [-0.2, 0) is 0 Å². The van der Waals surface area contributed by atoms with Crippen molar-refractivity contribution in [1.29, 1.82) is 0 Å². The molecule has 0 amide bonds. The first kappa shape index (κ1) is 8.93. The molecule has 1 aromatic rings. The zero-order chi connectivity index (χ0) is 9.60. The molecule has 1 aromatic carbocycles. The van der Waals surface area contributed by atoms with Gasteiger partial charge in [0.1, 0.15) is 0 Å². The van der Waals surface area contributed by atoms with E-state index in [-0.39, 0.29) is 0 Å². The Morgan fingerprint density at radius 2 is 2.21 bits per heavy atom. The van der Waals surface area contributed by atoms with Gasteiger partial charge in [-0.25, -0.2) is 0 Å². The summed E-state index contributed by atoms with van der Waals surface area (Å²) >= 11 is 3.55. The van der Waals surface area contributed by atoms with E-state index in [1.807, 2.05) is 0 Å². The van der Waals surface area contributed by atoms with Gasteiger partial charge in [-0.3, -0.25) is 0 Å². The fraction of sp³-hybridized carbons (Fsp3) is 0.500. The molecule has 1 atom stereocenters. The molecule has 14 heavy (non-hydrogen) atoms. The highest BCUT2D eigenvalue weighted by Crippen LogP contribution is 2.57. The SMILES string of the molecule is Brc1cccc([C@H]2CNCC23CC3)c1. The molecule has 1 saturated heterocycles. The van der Waals surface area contributed by atoms with Crippen LogP contribution in [0.3, 0.4) is 0 Å². The minimum atomic E-state index is 0.626. The summed E-state index contributed by atoms with van der Waals surface area (Å²) in [7, 11) is 0. The first-order chi connectivity index (χ1) is 6.80. The lowest BCUT2D eigenvalue weighted by atomic mass is 9.86. The van der Waals surface area contributed by atoms with E-state index >= 15 is 0 Å². The van der Waals surface area contributed by atoms with Crippen molar-refractivity contribution < 1.29 is 0 Å². The van der Waals surface area contributed by atoms with Crippen LogP contribution in [0, 0.1) is 5.41 Å². The third kappa shape index (κ3) is 1.32. The van der Waals surface area contributed by atoms with Crippen molar-refractivity contribution in [3.63, 3.8) is 0 Å². The van der Waals surface area contributed by atoms with Gasteiger partial charge < -0.3 is 5.32 Å². The highest BCUT2D eigenvalue weighted by atomic mass is 79.9. The van der Waals surface area contributed by atoms with Crippen LogP contribution in [0.2, 0.25) is 0 Å². The summed E-state index contributed by atoms with van der Waals surface area (Å²) in [5.41, 5.74) is 2.13. The Kier molecular flexibility index (Phi) is 1.96. The zero-order valence-corrected chi connectivity index (χ0v) is 9.68. The first-order valence-corrected chi connectivity index (χ1v) is 6.06.